The lowest BCUT2D eigenvalue weighted by Gasteiger charge is -2.15. The smallest absolute Gasteiger partial charge is 0.122 e. The van der Waals surface area contributed by atoms with Gasteiger partial charge in [0.25, 0.3) is 0 Å². The van der Waals surface area contributed by atoms with E-state index in [-0.39, 0.29) is 5.84 Å². The first kappa shape index (κ1) is 13.7. The minimum atomic E-state index is 0.109. The highest BCUT2D eigenvalue weighted by Crippen LogP contribution is 2.12. The normalized spacial score (nSPS) is 10.9. The fraction of sp³-hybridized carbons (Fsp3) is 0.286. The molecule has 1 aromatic carbocycles. The molecule has 3 N–H and O–H groups in total. The fourth-order valence-corrected chi connectivity index (χ4v) is 2.52. The van der Waals surface area contributed by atoms with Crippen molar-refractivity contribution in [1.29, 1.82) is 5.41 Å². The van der Waals surface area contributed by atoms with Crippen LogP contribution in [0.2, 0.25) is 0 Å². The SMILES string of the molecule is Cc1nc(CN(C)Cc2ccc(C(=N)N)cc2)cs1. The highest BCUT2D eigenvalue weighted by molar-refractivity contribution is 7.09. The Morgan fingerprint density at radius 2 is 2.00 bits per heavy atom. The first-order valence-electron chi connectivity index (χ1n) is 6.07. The molecule has 0 amide bonds. The second kappa shape index (κ2) is 5.95. The molecule has 0 aliphatic carbocycles. The molecular weight excluding hydrogens is 256 g/mol. The standard InChI is InChI=1S/C14H18N4S/c1-10-17-13(9-19-10)8-18(2)7-11-3-5-12(6-4-11)14(15)16/h3-6,9H,7-8H2,1-2H3,(H3,15,16). The van der Waals surface area contributed by atoms with Gasteiger partial charge in [0.15, 0.2) is 0 Å². The van der Waals surface area contributed by atoms with Crippen LogP contribution in [0, 0.1) is 12.3 Å². The van der Waals surface area contributed by atoms with Crippen molar-refractivity contribution in [3.8, 4) is 0 Å². The second-order valence-corrected chi connectivity index (χ2v) is 5.70. The number of thiazole rings is 1. The van der Waals surface area contributed by atoms with Crippen molar-refractivity contribution in [2.45, 2.75) is 20.0 Å². The van der Waals surface area contributed by atoms with Gasteiger partial charge in [-0.25, -0.2) is 4.98 Å². The van der Waals surface area contributed by atoms with Gasteiger partial charge in [-0.1, -0.05) is 24.3 Å². The molecule has 1 heterocycles. The topological polar surface area (TPSA) is 66.0 Å². The Hall–Kier alpha value is -1.72. The van der Waals surface area contributed by atoms with Crippen molar-refractivity contribution < 1.29 is 0 Å². The van der Waals surface area contributed by atoms with Crippen LogP contribution in [0.15, 0.2) is 29.6 Å². The van der Waals surface area contributed by atoms with Gasteiger partial charge >= 0.3 is 0 Å². The molecule has 0 bridgehead atoms. The van der Waals surface area contributed by atoms with E-state index < -0.39 is 0 Å². The van der Waals surface area contributed by atoms with Gasteiger partial charge in [0.05, 0.1) is 10.7 Å². The Morgan fingerprint density at radius 3 is 2.53 bits per heavy atom. The molecule has 4 nitrogen and oxygen atoms in total. The lowest BCUT2D eigenvalue weighted by molar-refractivity contribution is 0.315. The Balaban J connectivity index is 1.94. The third-order valence-electron chi connectivity index (χ3n) is 2.82. The Morgan fingerprint density at radius 1 is 1.32 bits per heavy atom. The Labute approximate surface area is 117 Å². The van der Waals surface area contributed by atoms with Crippen LogP contribution in [0.1, 0.15) is 21.8 Å². The van der Waals surface area contributed by atoms with Crippen molar-refractivity contribution >= 4 is 17.2 Å². The Kier molecular flexibility index (Phi) is 4.29. The number of nitrogens with zero attached hydrogens (tertiary/aromatic N) is 2. The van der Waals surface area contributed by atoms with Gasteiger partial charge < -0.3 is 5.73 Å². The molecule has 0 spiro atoms. The summed E-state index contributed by atoms with van der Waals surface area (Å²) in [6.07, 6.45) is 0. The number of hydrogen-bond donors (Lipinski definition) is 2. The van der Waals surface area contributed by atoms with E-state index in [0.717, 1.165) is 29.4 Å². The first-order valence-corrected chi connectivity index (χ1v) is 6.95. The van der Waals surface area contributed by atoms with Crippen LogP contribution >= 0.6 is 11.3 Å². The zero-order chi connectivity index (χ0) is 13.8. The van der Waals surface area contributed by atoms with Gasteiger partial charge in [-0.05, 0) is 19.5 Å². The van der Waals surface area contributed by atoms with Crippen LogP contribution in [-0.4, -0.2) is 22.8 Å². The highest BCUT2D eigenvalue weighted by Gasteiger charge is 2.05. The van der Waals surface area contributed by atoms with E-state index in [1.807, 2.05) is 31.2 Å². The maximum absolute atomic E-state index is 7.36. The molecule has 0 saturated heterocycles. The number of aromatic nitrogens is 1. The highest BCUT2D eigenvalue weighted by atomic mass is 32.1. The van der Waals surface area contributed by atoms with Gasteiger partial charge in [-0.15, -0.1) is 11.3 Å². The summed E-state index contributed by atoms with van der Waals surface area (Å²) in [4.78, 5) is 6.68. The quantitative estimate of drug-likeness (QED) is 0.650. The van der Waals surface area contributed by atoms with Crippen LogP contribution in [-0.2, 0) is 13.1 Å². The summed E-state index contributed by atoms with van der Waals surface area (Å²) < 4.78 is 0. The van der Waals surface area contributed by atoms with Gasteiger partial charge in [0.2, 0.25) is 0 Å². The van der Waals surface area contributed by atoms with E-state index in [1.54, 1.807) is 11.3 Å². The van der Waals surface area contributed by atoms with Crippen LogP contribution < -0.4 is 5.73 Å². The number of aryl methyl sites for hydroxylation is 1. The average Bonchev–Trinajstić information content (AvgIpc) is 2.75. The van der Waals surface area contributed by atoms with Crippen molar-refractivity contribution in [3.05, 3.63) is 51.5 Å². The van der Waals surface area contributed by atoms with Gasteiger partial charge in [-0.3, -0.25) is 10.3 Å². The summed E-state index contributed by atoms with van der Waals surface area (Å²) in [5.41, 5.74) is 8.52. The fourth-order valence-electron chi connectivity index (χ4n) is 1.91. The molecule has 0 saturated carbocycles. The van der Waals surface area contributed by atoms with E-state index in [0.29, 0.717) is 0 Å². The molecule has 0 radical (unpaired) electrons. The number of nitrogen functional groups attached to an aromatic ring is 1. The number of rotatable bonds is 5. The molecule has 5 heteroatoms. The number of amidine groups is 1. The van der Waals surface area contributed by atoms with Crippen molar-refractivity contribution in [1.82, 2.24) is 9.88 Å². The van der Waals surface area contributed by atoms with E-state index in [1.165, 1.54) is 5.56 Å². The lowest BCUT2D eigenvalue weighted by Crippen LogP contribution is -2.17. The zero-order valence-electron chi connectivity index (χ0n) is 11.2. The predicted octanol–water partition coefficient (Wildman–Crippen LogP) is 2.37. The van der Waals surface area contributed by atoms with Crippen LogP contribution in [0.4, 0.5) is 0 Å². The van der Waals surface area contributed by atoms with E-state index in [9.17, 15) is 0 Å². The predicted molar refractivity (Wildman–Crippen MR) is 79.5 cm³/mol. The third-order valence-corrected chi connectivity index (χ3v) is 3.64. The number of nitrogens with one attached hydrogen (secondary N) is 1. The minimum Gasteiger partial charge on any atom is -0.384 e. The summed E-state index contributed by atoms with van der Waals surface area (Å²) in [6.45, 7) is 3.72. The van der Waals surface area contributed by atoms with E-state index in [2.05, 4.69) is 22.3 Å². The summed E-state index contributed by atoms with van der Waals surface area (Å²) in [5, 5.41) is 10.6. The van der Waals surface area contributed by atoms with Crippen LogP contribution in [0.5, 0.6) is 0 Å². The first-order chi connectivity index (χ1) is 9.04. The Bertz CT molecular complexity index is 559. The molecule has 0 atom stereocenters. The molecule has 19 heavy (non-hydrogen) atoms. The molecule has 0 aliphatic rings. The maximum Gasteiger partial charge on any atom is 0.122 e. The molecule has 0 unspecified atom stereocenters. The summed E-state index contributed by atoms with van der Waals surface area (Å²) in [6, 6.07) is 7.80. The molecule has 0 aliphatic heterocycles. The van der Waals surface area contributed by atoms with Crippen molar-refractivity contribution in [2.75, 3.05) is 7.05 Å². The monoisotopic (exact) mass is 274 g/mol. The van der Waals surface area contributed by atoms with Gasteiger partial charge in [-0.2, -0.15) is 0 Å². The summed E-state index contributed by atoms with van der Waals surface area (Å²) in [7, 11) is 2.08. The minimum absolute atomic E-state index is 0.109. The molecule has 2 rings (SSSR count). The van der Waals surface area contributed by atoms with Gasteiger partial charge in [0, 0.05) is 24.0 Å². The van der Waals surface area contributed by atoms with E-state index >= 15 is 0 Å². The molecule has 2 aromatic rings. The largest absolute Gasteiger partial charge is 0.384 e. The van der Waals surface area contributed by atoms with Crippen molar-refractivity contribution in [2.24, 2.45) is 5.73 Å². The van der Waals surface area contributed by atoms with Gasteiger partial charge in [0.1, 0.15) is 5.84 Å². The summed E-state index contributed by atoms with van der Waals surface area (Å²) in [5.74, 6) is 0.109. The average molecular weight is 274 g/mol. The molecule has 100 valence electrons. The van der Waals surface area contributed by atoms with Crippen LogP contribution in [0.25, 0.3) is 0 Å². The zero-order valence-corrected chi connectivity index (χ0v) is 12.0. The van der Waals surface area contributed by atoms with Crippen LogP contribution in [0.3, 0.4) is 0 Å². The number of nitrogens with two attached hydrogens (primary N) is 1. The van der Waals surface area contributed by atoms with Crippen molar-refractivity contribution in [3.63, 3.8) is 0 Å². The number of hydrogen-bond acceptors (Lipinski definition) is 4. The molecule has 0 fully saturated rings. The maximum atomic E-state index is 7.36. The molecule has 1 aromatic heterocycles. The van der Waals surface area contributed by atoms with E-state index in [4.69, 9.17) is 11.1 Å². The second-order valence-electron chi connectivity index (χ2n) is 4.64. The third kappa shape index (κ3) is 3.87. The number of benzene rings is 1. The lowest BCUT2D eigenvalue weighted by atomic mass is 10.1. The summed E-state index contributed by atoms with van der Waals surface area (Å²) >= 11 is 1.68. The molecular formula is C14H18N4S.